The van der Waals surface area contributed by atoms with Gasteiger partial charge in [-0.2, -0.15) is 0 Å². The first-order valence-corrected chi connectivity index (χ1v) is 19.8. The molecule has 0 unspecified atom stereocenters. The fourth-order valence-corrected chi connectivity index (χ4v) is 10.8. The van der Waals surface area contributed by atoms with Gasteiger partial charge in [0.25, 0.3) is 0 Å². The Morgan fingerprint density at radius 2 is 0.976 bits per heavy atom. The maximum absolute atomic E-state index is 4.97. The molecule has 0 saturated heterocycles. The minimum atomic E-state index is -0.730. The van der Waals surface area contributed by atoms with Gasteiger partial charge in [0.15, 0.2) is 9.76 Å². The monoisotopic (exact) mass is 656 g/mol. The van der Waals surface area contributed by atoms with Crippen LogP contribution in [-0.4, -0.2) is 16.4 Å². The fourth-order valence-electron chi connectivity index (χ4n) is 5.48. The Labute approximate surface area is 272 Å². The first-order chi connectivity index (χ1) is 19.8. The summed E-state index contributed by atoms with van der Waals surface area (Å²) >= 11 is -0.730. The molecule has 0 aliphatic heterocycles. The zero-order valence-electron chi connectivity index (χ0n) is 28.4. The van der Waals surface area contributed by atoms with Crippen molar-refractivity contribution >= 4 is 21.9 Å². The Kier molecular flexibility index (Phi) is 14.4. The van der Waals surface area contributed by atoms with Crippen LogP contribution in [0, 0.1) is 10.8 Å². The van der Waals surface area contributed by atoms with Crippen LogP contribution in [0.2, 0.25) is 6.55 Å². The van der Waals surface area contributed by atoms with E-state index < -0.39 is 23.2 Å². The molecule has 0 heterocycles. The van der Waals surface area contributed by atoms with Crippen LogP contribution in [-0.2, 0) is 27.7 Å². The summed E-state index contributed by atoms with van der Waals surface area (Å²) in [4.78, 5) is 0. The van der Waals surface area contributed by atoms with Crippen molar-refractivity contribution in [2.75, 3.05) is 6.61 Å². The van der Waals surface area contributed by atoms with Crippen LogP contribution < -0.4 is 0 Å². The van der Waals surface area contributed by atoms with Crippen molar-refractivity contribution in [3.05, 3.63) is 124 Å². The molecule has 42 heavy (non-hydrogen) atoms. The fraction of sp³-hybridized carbons (Fsp3) is 0.385. The van der Waals surface area contributed by atoms with E-state index in [1.54, 1.807) is 40.0 Å². The zero-order valence-corrected chi connectivity index (χ0v) is 32.3. The first-order valence-electron chi connectivity index (χ1n) is 15.4. The van der Waals surface area contributed by atoms with E-state index in [1.807, 2.05) is 43.3 Å². The zero-order chi connectivity index (χ0) is 31.5. The Bertz CT molecular complexity index is 1260. The van der Waals surface area contributed by atoms with Gasteiger partial charge < -0.3 is 4.43 Å². The Morgan fingerprint density at radius 1 is 0.619 bits per heavy atom. The van der Waals surface area contributed by atoms with E-state index in [2.05, 4.69) is 124 Å². The van der Waals surface area contributed by atoms with Crippen LogP contribution >= 0.6 is 0 Å². The molecule has 0 saturated carbocycles. The van der Waals surface area contributed by atoms with Gasteiger partial charge in [-0.3, -0.25) is 0 Å². The summed E-state index contributed by atoms with van der Waals surface area (Å²) in [6, 6.07) is 20.6. The summed E-state index contributed by atoms with van der Waals surface area (Å²) < 4.78 is 8.57. The third kappa shape index (κ3) is 9.22. The van der Waals surface area contributed by atoms with E-state index in [1.165, 1.54) is 11.1 Å². The molecule has 0 bridgehead atoms. The van der Waals surface area contributed by atoms with E-state index in [0.717, 1.165) is 6.61 Å². The van der Waals surface area contributed by atoms with Crippen molar-refractivity contribution in [3.8, 4) is 0 Å². The molecule has 224 valence electrons. The summed E-state index contributed by atoms with van der Waals surface area (Å²) in [6.45, 7) is 28.8. The molecular formula is C39H54OSiZr. The maximum Gasteiger partial charge on any atom is 0.158 e. The number of hydrogen-bond donors (Lipinski definition) is 0. The topological polar surface area (TPSA) is 9.23 Å². The van der Waals surface area contributed by atoms with Crippen LogP contribution in [0.4, 0.5) is 0 Å². The molecule has 2 aliphatic rings. The van der Waals surface area contributed by atoms with Crippen molar-refractivity contribution in [2.45, 2.75) is 82.7 Å². The van der Waals surface area contributed by atoms with Gasteiger partial charge in [-0.1, -0.05) is 91.5 Å². The van der Waals surface area contributed by atoms with Crippen LogP contribution in [0.25, 0.3) is 12.2 Å². The second kappa shape index (κ2) is 16.7. The third-order valence-corrected chi connectivity index (χ3v) is 16.0. The van der Waals surface area contributed by atoms with E-state index in [4.69, 9.17) is 4.43 Å². The molecule has 0 amide bonds. The average Bonchev–Trinajstić information content (AvgIpc) is 3.22. The minimum absolute atomic E-state index is 0.0860. The quantitative estimate of drug-likeness (QED) is 0.213. The molecule has 0 aromatic heterocycles. The third-order valence-electron chi connectivity index (χ3n) is 9.07. The van der Waals surface area contributed by atoms with Gasteiger partial charge in [-0.15, -0.1) is 0 Å². The van der Waals surface area contributed by atoms with Gasteiger partial charge in [0.05, 0.1) is 0 Å². The van der Waals surface area contributed by atoms with Crippen molar-refractivity contribution in [1.29, 1.82) is 0 Å². The SMILES string of the molecule is C(C=Cc1ccccc1)=Cc1ccccc1.CC1=C(C)C(C)(C)[C]([Zr][C]2=C(C)C(C)=C(C)C2(C)C)=C1C.CCO[SiH2]C. The number of rotatable bonds is 7. The predicted octanol–water partition coefficient (Wildman–Crippen LogP) is 10.9. The second-order valence-electron chi connectivity index (χ2n) is 12.2. The maximum atomic E-state index is 4.97. The van der Waals surface area contributed by atoms with Gasteiger partial charge in [0.1, 0.15) is 0 Å². The Hall–Kier alpha value is -2.06. The minimum Gasteiger partial charge on any atom is -0.425 e. The van der Waals surface area contributed by atoms with Gasteiger partial charge in [0, 0.05) is 6.61 Å². The molecule has 0 spiro atoms. The van der Waals surface area contributed by atoms with E-state index >= 15 is 0 Å². The van der Waals surface area contributed by atoms with Crippen LogP contribution in [0.1, 0.15) is 87.3 Å². The van der Waals surface area contributed by atoms with E-state index in [9.17, 15) is 0 Å². The van der Waals surface area contributed by atoms with Gasteiger partial charge in [-0.25, -0.2) is 0 Å². The molecule has 0 N–H and O–H groups in total. The molecule has 1 nitrogen and oxygen atoms in total. The van der Waals surface area contributed by atoms with Crippen LogP contribution in [0.3, 0.4) is 0 Å². The molecule has 3 heteroatoms. The van der Waals surface area contributed by atoms with E-state index in [-0.39, 0.29) is 20.6 Å². The summed E-state index contributed by atoms with van der Waals surface area (Å²) in [6.07, 6.45) is 8.31. The summed E-state index contributed by atoms with van der Waals surface area (Å²) in [5.41, 5.74) is 12.5. The summed E-state index contributed by atoms with van der Waals surface area (Å²) in [5, 5.41) is 0. The average molecular weight is 658 g/mol. The summed E-state index contributed by atoms with van der Waals surface area (Å²) in [7, 11) is -0.0860. The van der Waals surface area contributed by atoms with Crippen molar-refractivity contribution in [1.82, 2.24) is 0 Å². The van der Waals surface area contributed by atoms with Crippen molar-refractivity contribution in [2.24, 2.45) is 10.8 Å². The second-order valence-corrected chi connectivity index (χ2v) is 16.3. The van der Waals surface area contributed by atoms with Crippen LogP contribution in [0.15, 0.2) is 113 Å². The standard InChI is InChI=1S/C16H14.2C10H15.C3H10OSi.Zr/c1-3-9-15(10-4-1)13-7-8-14-16-11-5-2-6-12-16;2*1-7-6-10(4,5)9(3)8(7)2;1-3-4-5-2;/h1-14H;2*1-5H3;3,5H2,1-2H3;. The molecule has 0 radical (unpaired) electrons. The number of benzene rings is 2. The smallest absolute Gasteiger partial charge is 0.158 e. The van der Waals surface area contributed by atoms with Gasteiger partial charge >= 0.3 is 143 Å². The Balaban J connectivity index is 0.000000259. The molecule has 4 rings (SSSR count). The Morgan fingerprint density at radius 3 is 1.21 bits per heavy atom. The number of allylic oxidation sites excluding steroid dienone is 10. The van der Waals surface area contributed by atoms with Crippen molar-refractivity contribution in [3.63, 3.8) is 0 Å². The van der Waals surface area contributed by atoms with Gasteiger partial charge in [-0.05, 0) is 18.1 Å². The van der Waals surface area contributed by atoms with E-state index in [0.29, 0.717) is 0 Å². The molecule has 2 aromatic rings. The number of hydrogen-bond acceptors (Lipinski definition) is 1. The van der Waals surface area contributed by atoms with Crippen molar-refractivity contribution < 1.29 is 27.7 Å². The summed E-state index contributed by atoms with van der Waals surface area (Å²) in [5.74, 6) is 0. The first kappa shape index (κ1) is 36.1. The largest absolute Gasteiger partial charge is 0.425 e. The van der Waals surface area contributed by atoms with Crippen LogP contribution in [0.5, 0.6) is 0 Å². The molecule has 0 fully saturated rings. The predicted molar refractivity (Wildman–Crippen MR) is 187 cm³/mol. The molecular weight excluding hydrogens is 604 g/mol. The molecule has 2 aliphatic carbocycles. The molecule has 0 atom stereocenters. The van der Waals surface area contributed by atoms with Gasteiger partial charge in [0.2, 0.25) is 0 Å². The normalized spacial score (nSPS) is 17.9. The molecule has 2 aromatic carbocycles.